The van der Waals surface area contributed by atoms with Crippen molar-refractivity contribution >= 4 is 5.97 Å². The Morgan fingerprint density at radius 2 is 1.38 bits per heavy atom. The molecule has 0 unspecified atom stereocenters. The van der Waals surface area contributed by atoms with Crippen LogP contribution in [0.1, 0.15) is 6.92 Å². The smallest absolute Gasteiger partial charge is 0.344 e. The summed E-state index contributed by atoms with van der Waals surface area (Å²) in [5.41, 5.74) is 2.09. The van der Waals surface area contributed by atoms with Crippen LogP contribution in [-0.2, 0) is 9.53 Å². The topological polar surface area (TPSA) is 94.4 Å². The molecule has 0 fully saturated rings. The second-order valence-corrected chi connectivity index (χ2v) is 6.81. The molecule has 0 radical (unpaired) electrons. The van der Waals surface area contributed by atoms with Crippen LogP contribution >= 0.6 is 0 Å². The average Bonchev–Trinajstić information content (AvgIpc) is 2.84. The van der Waals surface area contributed by atoms with Crippen molar-refractivity contribution in [3.05, 3.63) is 78.9 Å². The summed E-state index contributed by atoms with van der Waals surface area (Å²) in [6.45, 7) is 1.76. The van der Waals surface area contributed by atoms with Crippen LogP contribution in [0.3, 0.4) is 0 Å². The van der Waals surface area contributed by atoms with E-state index in [0.717, 1.165) is 11.1 Å². The van der Waals surface area contributed by atoms with Gasteiger partial charge in [-0.2, -0.15) is 0 Å². The maximum atomic E-state index is 11.5. The quantitative estimate of drug-likeness (QED) is 0.433. The Kier molecular flexibility index (Phi) is 6.36. The molecule has 160 valence electrons. The molecule has 7 heteroatoms. The summed E-state index contributed by atoms with van der Waals surface area (Å²) in [6.07, 6.45) is 0. The Bertz CT molecular complexity index is 1160. The SMILES string of the molecule is CCOC(=O)COc1ccc(-c2nc(-c3ccccc3)nc(-c3ccccc3)n2)c(O)c1. The van der Waals surface area contributed by atoms with Crippen molar-refractivity contribution in [2.75, 3.05) is 13.2 Å². The molecule has 1 heterocycles. The molecule has 0 saturated carbocycles. The molecule has 0 atom stereocenters. The number of rotatable bonds is 7. The zero-order valence-corrected chi connectivity index (χ0v) is 17.4. The first-order valence-electron chi connectivity index (χ1n) is 10.1. The molecule has 0 aliphatic rings. The van der Waals surface area contributed by atoms with Crippen LogP contribution in [0.5, 0.6) is 11.5 Å². The van der Waals surface area contributed by atoms with E-state index in [1.54, 1.807) is 19.1 Å². The van der Waals surface area contributed by atoms with Gasteiger partial charge >= 0.3 is 5.97 Å². The first-order chi connectivity index (χ1) is 15.6. The molecule has 0 spiro atoms. The van der Waals surface area contributed by atoms with E-state index in [4.69, 9.17) is 9.47 Å². The van der Waals surface area contributed by atoms with Crippen molar-refractivity contribution < 1.29 is 19.4 Å². The summed E-state index contributed by atoms with van der Waals surface area (Å²) in [6, 6.07) is 23.9. The van der Waals surface area contributed by atoms with E-state index in [1.807, 2.05) is 60.7 Å². The molecule has 0 aliphatic heterocycles. The number of carbonyl (C=O) groups excluding carboxylic acids is 1. The molecule has 1 aromatic heterocycles. The number of aromatic hydroxyl groups is 1. The van der Waals surface area contributed by atoms with Gasteiger partial charge in [0.05, 0.1) is 12.2 Å². The van der Waals surface area contributed by atoms with Crippen LogP contribution in [0.15, 0.2) is 78.9 Å². The van der Waals surface area contributed by atoms with Gasteiger partial charge in [0.25, 0.3) is 0 Å². The Morgan fingerprint density at radius 1 is 0.812 bits per heavy atom. The molecular weight excluding hydrogens is 406 g/mol. The van der Waals surface area contributed by atoms with Crippen LogP contribution in [-0.4, -0.2) is 39.2 Å². The highest BCUT2D eigenvalue weighted by Gasteiger charge is 2.15. The average molecular weight is 427 g/mol. The summed E-state index contributed by atoms with van der Waals surface area (Å²) in [5.74, 6) is 1.10. The van der Waals surface area contributed by atoms with Crippen LogP contribution in [0.4, 0.5) is 0 Å². The number of phenolic OH excluding ortho intramolecular Hbond substituents is 1. The van der Waals surface area contributed by atoms with E-state index in [9.17, 15) is 9.90 Å². The highest BCUT2D eigenvalue weighted by molar-refractivity contribution is 5.72. The van der Waals surface area contributed by atoms with Gasteiger partial charge in [0.1, 0.15) is 11.5 Å². The minimum Gasteiger partial charge on any atom is -0.507 e. The molecule has 0 amide bonds. The maximum Gasteiger partial charge on any atom is 0.344 e. The molecule has 0 bridgehead atoms. The van der Waals surface area contributed by atoms with Gasteiger partial charge in [-0.3, -0.25) is 0 Å². The fourth-order valence-electron chi connectivity index (χ4n) is 3.06. The van der Waals surface area contributed by atoms with Gasteiger partial charge < -0.3 is 14.6 Å². The number of carbonyl (C=O) groups is 1. The number of phenols is 1. The Labute approximate surface area is 185 Å². The number of ether oxygens (including phenoxy) is 2. The van der Waals surface area contributed by atoms with Crippen molar-refractivity contribution in [3.63, 3.8) is 0 Å². The van der Waals surface area contributed by atoms with Crippen molar-refractivity contribution in [3.8, 4) is 45.7 Å². The van der Waals surface area contributed by atoms with E-state index in [0.29, 0.717) is 28.8 Å². The minimum atomic E-state index is -0.478. The minimum absolute atomic E-state index is 0.0735. The third-order valence-corrected chi connectivity index (χ3v) is 4.57. The Hall–Kier alpha value is -4.26. The number of hydrogen-bond acceptors (Lipinski definition) is 7. The third-order valence-electron chi connectivity index (χ3n) is 4.57. The normalized spacial score (nSPS) is 10.5. The predicted molar refractivity (Wildman–Crippen MR) is 120 cm³/mol. The predicted octanol–water partition coefficient (Wildman–Crippen LogP) is 4.52. The Balaban J connectivity index is 1.72. The summed E-state index contributed by atoms with van der Waals surface area (Å²) in [7, 11) is 0. The molecule has 4 aromatic rings. The molecule has 3 aromatic carbocycles. The van der Waals surface area contributed by atoms with E-state index in [-0.39, 0.29) is 19.0 Å². The van der Waals surface area contributed by atoms with Crippen LogP contribution in [0.25, 0.3) is 34.2 Å². The lowest BCUT2D eigenvalue weighted by atomic mass is 10.1. The first-order valence-corrected chi connectivity index (χ1v) is 10.1. The fourth-order valence-corrected chi connectivity index (χ4v) is 3.06. The van der Waals surface area contributed by atoms with Gasteiger partial charge in [-0.25, -0.2) is 19.7 Å². The van der Waals surface area contributed by atoms with Crippen LogP contribution < -0.4 is 4.74 Å². The van der Waals surface area contributed by atoms with Crippen LogP contribution in [0.2, 0.25) is 0 Å². The van der Waals surface area contributed by atoms with Crippen LogP contribution in [0, 0.1) is 0 Å². The van der Waals surface area contributed by atoms with Gasteiger partial charge in [-0.1, -0.05) is 60.7 Å². The highest BCUT2D eigenvalue weighted by atomic mass is 16.6. The zero-order chi connectivity index (χ0) is 22.3. The lowest BCUT2D eigenvalue weighted by molar-refractivity contribution is -0.145. The van der Waals surface area contributed by atoms with E-state index >= 15 is 0 Å². The van der Waals surface area contributed by atoms with Crippen molar-refractivity contribution in [2.24, 2.45) is 0 Å². The third kappa shape index (κ3) is 4.89. The van der Waals surface area contributed by atoms with Crippen molar-refractivity contribution in [1.82, 2.24) is 15.0 Å². The summed E-state index contributed by atoms with van der Waals surface area (Å²) < 4.78 is 10.2. The van der Waals surface area contributed by atoms with E-state index < -0.39 is 5.97 Å². The van der Waals surface area contributed by atoms with E-state index in [1.165, 1.54) is 6.07 Å². The number of aromatic nitrogens is 3. The molecule has 1 N–H and O–H groups in total. The zero-order valence-electron chi connectivity index (χ0n) is 17.4. The maximum absolute atomic E-state index is 11.5. The molecule has 0 saturated heterocycles. The standard InChI is InChI=1S/C25H21N3O4/c1-2-31-22(30)16-32-19-13-14-20(21(29)15-19)25-27-23(17-9-5-3-6-10-17)26-24(28-25)18-11-7-4-8-12-18/h3-15,29H,2,16H2,1H3. The van der Waals surface area contributed by atoms with Crippen molar-refractivity contribution in [2.45, 2.75) is 6.92 Å². The van der Waals surface area contributed by atoms with Gasteiger partial charge in [-0.15, -0.1) is 0 Å². The number of hydrogen-bond donors (Lipinski definition) is 1. The Morgan fingerprint density at radius 3 is 1.91 bits per heavy atom. The molecular formula is C25H21N3O4. The van der Waals surface area contributed by atoms with Gasteiger partial charge in [0, 0.05) is 17.2 Å². The number of nitrogens with zero attached hydrogens (tertiary/aromatic N) is 3. The summed E-state index contributed by atoms with van der Waals surface area (Å²) in [5, 5.41) is 10.6. The lowest BCUT2D eigenvalue weighted by Crippen LogP contribution is -2.14. The highest BCUT2D eigenvalue weighted by Crippen LogP contribution is 2.32. The summed E-state index contributed by atoms with van der Waals surface area (Å²) >= 11 is 0. The molecule has 7 nitrogen and oxygen atoms in total. The monoisotopic (exact) mass is 427 g/mol. The largest absolute Gasteiger partial charge is 0.507 e. The molecule has 4 rings (SSSR count). The van der Waals surface area contributed by atoms with Gasteiger partial charge in [-0.05, 0) is 19.1 Å². The van der Waals surface area contributed by atoms with Gasteiger partial charge in [0.15, 0.2) is 24.1 Å². The second-order valence-electron chi connectivity index (χ2n) is 6.81. The number of benzene rings is 3. The van der Waals surface area contributed by atoms with Crippen molar-refractivity contribution in [1.29, 1.82) is 0 Å². The van der Waals surface area contributed by atoms with Gasteiger partial charge in [0.2, 0.25) is 0 Å². The summed E-state index contributed by atoms with van der Waals surface area (Å²) in [4.78, 5) is 25.3. The lowest BCUT2D eigenvalue weighted by Gasteiger charge is -2.11. The van der Waals surface area contributed by atoms with E-state index in [2.05, 4.69) is 15.0 Å². The first kappa shape index (κ1) is 21.0. The number of esters is 1. The fraction of sp³-hybridized carbons (Fsp3) is 0.120. The molecule has 32 heavy (non-hydrogen) atoms. The second kappa shape index (κ2) is 9.70. The molecule has 0 aliphatic carbocycles.